The molecule has 0 aliphatic carbocycles. The number of benzene rings is 1. The Bertz CT molecular complexity index is 482. The predicted molar refractivity (Wildman–Crippen MR) is 70.2 cm³/mol. The second-order valence-corrected chi connectivity index (χ2v) is 4.73. The molecule has 0 bridgehead atoms. The summed E-state index contributed by atoms with van der Waals surface area (Å²) in [7, 11) is 0. The van der Waals surface area contributed by atoms with Gasteiger partial charge in [0.05, 0.1) is 12.2 Å². The monoisotopic (exact) mass is 266 g/mol. The summed E-state index contributed by atoms with van der Waals surface area (Å²) in [5.41, 5.74) is 6.57. The van der Waals surface area contributed by atoms with Crippen molar-refractivity contribution in [2.45, 2.75) is 12.2 Å². The van der Waals surface area contributed by atoms with E-state index in [0.29, 0.717) is 11.1 Å². The van der Waals surface area contributed by atoms with E-state index in [0.717, 1.165) is 0 Å². The Labute approximate surface area is 110 Å². The Morgan fingerprint density at radius 3 is 2.39 bits per heavy atom. The van der Waals surface area contributed by atoms with Crippen LogP contribution in [0.2, 0.25) is 0 Å². The molecule has 2 atom stereocenters. The van der Waals surface area contributed by atoms with Gasteiger partial charge in [-0.25, -0.2) is 0 Å². The molecule has 0 aromatic heterocycles. The molecule has 96 valence electrons. The molecule has 1 aliphatic heterocycles. The minimum absolute atomic E-state index is 0.136. The summed E-state index contributed by atoms with van der Waals surface area (Å²) in [5.74, 6) is -0.247. The molecule has 2 rings (SSSR count). The van der Waals surface area contributed by atoms with Crippen molar-refractivity contribution in [1.82, 2.24) is 4.90 Å². The van der Waals surface area contributed by atoms with Crippen LogP contribution in [0, 0.1) is 0 Å². The van der Waals surface area contributed by atoms with E-state index in [2.05, 4.69) is 0 Å². The van der Waals surface area contributed by atoms with Crippen LogP contribution in [0.4, 0.5) is 0 Å². The van der Waals surface area contributed by atoms with Gasteiger partial charge in [0.15, 0.2) is 0 Å². The van der Waals surface area contributed by atoms with Crippen LogP contribution in [0.3, 0.4) is 0 Å². The smallest absolute Gasteiger partial charge is 0.254 e. The summed E-state index contributed by atoms with van der Waals surface area (Å²) in [6.07, 6.45) is -1.76. The van der Waals surface area contributed by atoms with Gasteiger partial charge in [0.25, 0.3) is 5.91 Å². The molecule has 1 aliphatic rings. The zero-order chi connectivity index (χ0) is 13.3. The number of carbonyl (C=O) groups excluding carboxylic acids is 1. The van der Waals surface area contributed by atoms with E-state index < -0.39 is 12.2 Å². The number of carbonyl (C=O) groups is 1. The summed E-state index contributed by atoms with van der Waals surface area (Å²) >= 11 is 4.85. The van der Waals surface area contributed by atoms with Gasteiger partial charge >= 0.3 is 0 Å². The average Bonchev–Trinajstić information content (AvgIpc) is 2.69. The molecule has 0 radical (unpaired) electrons. The van der Waals surface area contributed by atoms with E-state index in [-0.39, 0.29) is 24.0 Å². The standard InChI is InChI=1S/C12H14N2O3S/c13-11(18)7-2-1-3-8(4-7)12(17)14-5-9(15)10(16)6-14/h1-4,9-10,15-16H,5-6H2,(H2,13,18). The lowest BCUT2D eigenvalue weighted by Gasteiger charge is -2.15. The lowest BCUT2D eigenvalue weighted by Crippen LogP contribution is -2.30. The molecule has 2 unspecified atom stereocenters. The number of nitrogens with two attached hydrogens (primary N) is 1. The van der Waals surface area contributed by atoms with Crippen molar-refractivity contribution < 1.29 is 15.0 Å². The van der Waals surface area contributed by atoms with Gasteiger partial charge in [-0.05, 0) is 12.1 Å². The molecular formula is C12H14N2O3S. The van der Waals surface area contributed by atoms with Gasteiger partial charge in [-0.3, -0.25) is 4.79 Å². The molecule has 1 aromatic carbocycles. The zero-order valence-corrected chi connectivity index (χ0v) is 10.4. The molecule has 1 amide bonds. The van der Waals surface area contributed by atoms with E-state index in [1.54, 1.807) is 24.3 Å². The van der Waals surface area contributed by atoms with Gasteiger partial charge < -0.3 is 20.8 Å². The fourth-order valence-corrected chi connectivity index (χ4v) is 2.05. The highest BCUT2D eigenvalue weighted by molar-refractivity contribution is 7.80. The van der Waals surface area contributed by atoms with E-state index in [1.807, 2.05) is 0 Å². The Morgan fingerprint density at radius 1 is 1.28 bits per heavy atom. The van der Waals surface area contributed by atoms with Crippen molar-refractivity contribution in [1.29, 1.82) is 0 Å². The van der Waals surface area contributed by atoms with Crippen LogP contribution in [0.1, 0.15) is 15.9 Å². The van der Waals surface area contributed by atoms with E-state index in [4.69, 9.17) is 18.0 Å². The molecule has 0 saturated carbocycles. The molecular weight excluding hydrogens is 252 g/mol. The average molecular weight is 266 g/mol. The van der Waals surface area contributed by atoms with E-state index in [9.17, 15) is 15.0 Å². The van der Waals surface area contributed by atoms with E-state index >= 15 is 0 Å². The number of rotatable bonds is 2. The van der Waals surface area contributed by atoms with Crippen LogP contribution in [0.25, 0.3) is 0 Å². The quantitative estimate of drug-likeness (QED) is 0.628. The van der Waals surface area contributed by atoms with Crippen LogP contribution in [-0.2, 0) is 0 Å². The summed E-state index contributed by atoms with van der Waals surface area (Å²) in [6, 6.07) is 6.69. The van der Waals surface area contributed by atoms with Crippen LogP contribution < -0.4 is 5.73 Å². The first-order valence-corrected chi connectivity index (χ1v) is 5.95. The Morgan fingerprint density at radius 2 is 1.83 bits per heavy atom. The third kappa shape index (κ3) is 2.50. The topological polar surface area (TPSA) is 86.8 Å². The lowest BCUT2D eigenvalue weighted by molar-refractivity contribution is 0.0572. The van der Waals surface area contributed by atoms with E-state index in [1.165, 1.54) is 4.90 Å². The van der Waals surface area contributed by atoms with Crippen LogP contribution in [-0.4, -0.2) is 51.3 Å². The minimum Gasteiger partial charge on any atom is -0.389 e. The third-order valence-corrected chi connectivity index (χ3v) is 3.18. The molecule has 4 N–H and O–H groups in total. The van der Waals surface area contributed by atoms with Crippen LogP contribution in [0.5, 0.6) is 0 Å². The molecule has 1 fully saturated rings. The second-order valence-electron chi connectivity index (χ2n) is 4.29. The molecule has 1 saturated heterocycles. The fourth-order valence-electron chi connectivity index (χ4n) is 1.92. The van der Waals surface area contributed by atoms with Gasteiger partial charge in [0.2, 0.25) is 0 Å². The summed E-state index contributed by atoms with van der Waals surface area (Å²) < 4.78 is 0. The fraction of sp³-hybridized carbons (Fsp3) is 0.333. The predicted octanol–water partition coefficient (Wildman–Crippen LogP) is -0.502. The van der Waals surface area contributed by atoms with Crippen LogP contribution in [0.15, 0.2) is 24.3 Å². The first-order chi connectivity index (χ1) is 8.49. The molecule has 1 aromatic rings. The Kier molecular flexibility index (Phi) is 3.60. The van der Waals surface area contributed by atoms with Crippen molar-refractivity contribution >= 4 is 23.1 Å². The van der Waals surface area contributed by atoms with Crippen molar-refractivity contribution in [3.63, 3.8) is 0 Å². The first-order valence-electron chi connectivity index (χ1n) is 5.54. The highest BCUT2D eigenvalue weighted by atomic mass is 32.1. The maximum Gasteiger partial charge on any atom is 0.254 e. The normalized spacial score (nSPS) is 23.1. The van der Waals surface area contributed by atoms with Gasteiger partial charge in [-0.2, -0.15) is 0 Å². The molecule has 1 heterocycles. The van der Waals surface area contributed by atoms with Crippen molar-refractivity contribution in [3.05, 3.63) is 35.4 Å². The van der Waals surface area contributed by atoms with Crippen molar-refractivity contribution in [2.75, 3.05) is 13.1 Å². The van der Waals surface area contributed by atoms with Crippen molar-refractivity contribution in [3.8, 4) is 0 Å². The molecule has 6 heteroatoms. The number of thiocarbonyl (C=S) groups is 1. The first kappa shape index (κ1) is 12.9. The SMILES string of the molecule is NC(=S)c1cccc(C(=O)N2CC(O)C(O)C2)c1. The molecule has 5 nitrogen and oxygen atoms in total. The second kappa shape index (κ2) is 5.01. The largest absolute Gasteiger partial charge is 0.389 e. The highest BCUT2D eigenvalue weighted by Crippen LogP contribution is 2.15. The minimum atomic E-state index is -0.882. The van der Waals surface area contributed by atoms with Gasteiger partial charge in [-0.1, -0.05) is 24.4 Å². The Balaban J connectivity index is 2.19. The summed E-state index contributed by atoms with van der Waals surface area (Å²) in [6.45, 7) is 0.272. The number of aliphatic hydroxyl groups is 2. The summed E-state index contributed by atoms with van der Waals surface area (Å²) in [5, 5.41) is 18.8. The molecule has 18 heavy (non-hydrogen) atoms. The third-order valence-electron chi connectivity index (χ3n) is 2.94. The number of aliphatic hydroxyl groups excluding tert-OH is 2. The number of hydrogen-bond donors (Lipinski definition) is 3. The zero-order valence-electron chi connectivity index (χ0n) is 9.61. The number of hydrogen-bond acceptors (Lipinski definition) is 4. The van der Waals surface area contributed by atoms with Gasteiger partial charge in [0.1, 0.15) is 4.99 Å². The number of likely N-dealkylation sites (tertiary alicyclic amines) is 1. The lowest BCUT2D eigenvalue weighted by atomic mass is 10.1. The Hall–Kier alpha value is -1.50. The maximum atomic E-state index is 12.1. The molecule has 0 spiro atoms. The maximum absolute atomic E-state index is 12.1. The number of nitrogens with zero attached hydrogens (tertiary/aromatic N) is 1. The number of β-amino-alcohol motifs (C(OH)–C–C–N with tert-alkyl or cyclic N) is 2. The highest BCUT2D eigenvalue weighted by Gasteiger charge is 2.32. The van der Waals surface area contributed by atoms with Gasteiger partial charge in [0, 0.05) is 24.2 Å². The van der Waals surface area contributed by atoms with Crippen molar-refractivity contribution in [2.24, 2.45) is 5.73 Å². The van der Waals surface area contributed by atoms with Gasteiger partial charge in [-0.15, -0.1) is 0 Å². The van der Waals surface area contributed by atoms with Crippen LogP contribution >= 0.6 is 12.2 Å². The summed E-state index contributed by atoms with van der Waals surface area (Å²) in [4.78, 5) is 13.8. The number of amides is 1.